The van der Waals surface area contributed by atoms with Crippen molar-refractivity contribution in [2.75, 3.05) is 26.7 Å². The maximum atomic E-state index is 5.84. The van der Waals surface area contributed by atoms with E-state index in [1.54, 1.807) is 0 Å². The minimum absolute atomic E-state index is 0.535. The summed E-state index contributed by atoms with van der Waals surface area (Å²) in [7, 11) is 1.86. The van der Waals surface area contributed by atoms with Crippen LogP contribution >= 0.6 is 11.6 Å². The van der Waals surface area contributed by atoms with Gasteiger partial charge in [0.05, 0.1) is 0 Å². The molecule has 2 atom stereocenters. The number of pyridine rings is 1. The first kappa shape index (κ1) is 18.7. The summed E-state index contributed by atoms with van der Waals surface area (Å²) in [5.74, 6) is 2.22. The summed E-state index contributed by atoms with van der Waals surface area (Å²) < 4.78 is 0. The Morgan fingerprint density at radius 3 is 2.73 bits per heavy atom. The molecule has 0 aliphatic carbocycles. The lowest BCUT2D eigenvalue weighted by Crippen LogP contribution is -2.48. The number of benzene rings is 1. The highest BCUT2D eigenvalue weighted by molar-refractivity contribution is 6.29. The van der Waals surface area contributed by atoms with E-state index >= 15 is 0 Å². The van der Waals surface area contributed by atoms with E-state index in [2.05, 4.69) is 57.4 Å². The smallest absolute Gasteiger partial charge is 0.193 e. The van der Waals surface area contributed by atoms with Crippen LogP contribution in [0.4, 0.5) is 0 Å². The highest BCUT2D eigenvalue weighted by atomic mass is 35.5. The molecule has 2 aromatic rings. The molecule has 4 nitrogen and oxygen atoms in total. The normalized spacial score (nSPS) is 20.9. The van der Waals surface area contributed by atoms with Crippen molar-refractivity contribution in [1.29, 1.82) is 0 Å². The number of aromatic nitrogens is 1. The zero-order valence-corrected chi connectivity index (χ0v) is 16.3. The fraction of sp³-hybridized carbons (Fsp3) is 0.429. The minimum atomic E-state index is 0.535. The summed E-state index contributed by atoms with van der Waals surface area (Å²) >= 11 is 5.84. The van der Waals surface area contributed by atoms with Gasteiger partial charge in [0.25, 0.3) is 0 Å². The first-order chi connectivity index (χ1) is 12.7. The van der Waals surface area contributed by atoms with Gasteiger partial charge in [0.1, 0.15) is 5.15 Å². The zero-order chi connectivity index (χ0) is 18.4. The third-order valence-corrected chi connectivity index (χ3v) is 5.35. The Labute approximate surface area is 161 Å². The Kier molecular flexibility index (Phi) is 6.51. The molecule has 5 heteroatoms. The van der Waals surface area contributed by atoms with Crippen LogP contribution in [0.15, 0.2) is 53.7 Å². The number of likely N-dealkylation sites (tertiary alicyclic amines) is 1. The van der Waals surface area contributed by atoms with Crippen LogP contribution in [-0.4, -0.2) is 42.5 Å². The average Bonchev–Trinajstić information content (AvgIpc) is 2.67. The van der Waals surface area contributed by atoms with E-state index in [9.17, 15) is 0 Å². The summed E-state index contributed by atoms with van der Waals surface area (Å²) in [6.45, 7) is 5.24. The van der Waals surface area contributed by atoms with E-state index in [0.717, 1.165) is 38.4 Å². The minimum Gasteiger partial charge on any atom is -0.356 e. The molecule has 2 heterocycles. The van der Waals surface area contributed by atoms with Gasteiger partial charge in [-0.05, 0) is 41.9 Å². The molecule has 1 aromatic carbocycles. The first-order valence-electron chi connectivity index (χ1n) is 9.28. The van der Waals surface area contributed by atoms with Gasteiger partial charge in [-0.15, -0.1) is 0 Å². The maximum absolute atomic E-state index is 5.84. The molecule has 0 radical (unpaired) electrons. The molecule has 3 rings (SSSR count). The van der Waals surface area contributed by atoms with Gasteiger partial charge < -0.3 is 10.2 Å². The van der Waals surface area contributed by atoms with Crippen LogP contribution in [0, 0.1) is 5.92 Å². The van der Waals surface area contributed by atoms with E-state index in [-0.39, 0.29) is 0 Å². The predicted molar refractivity (Wildman–Crippen MR) is 109 cm³/mol. The number of hydrogen-bond acceptors (Lipinski definition) is 2. The highest BCUT2D eigenvalue weighted by Gasteiger charge is 2.28. The molecule has 0 bridgehead atoms. The van der Waals surface area contributed by atoms with Gasteiger partial charge in [-0.25, -0.2) is 4.98 Å². The number of piperidine rings is 1. The zero-order valence-electron chi connectivity index (χ0n) is 15.5. The Morgan fingerprint density at radius 2 is 2.08 bits per heavy atom. The molecule has 0 saturated carbocycles. The fourth-order valence-corrected chi connectivity index (χ4v) is 3.85. The number of halogens is 1. The van der Waals surface area contributed by atoms with Gasteiger partial charge in [-0.3, -0.25) is 4.99 Å². The SMILES string of the molecule is CN=C(NCCc1ccc(Cl)nc1)N1CCC(c2ccccc2)C(C)C1. The Bertz CT molecular complexity index is 715. The van der Waals surface area contributed by atoms with Gasteiger partial charge >= 0.3 is 0 Å². The molecular formula is C21H27ClN4. The Balaban J connectivity index is 1.52. The van der Waals surface area contributed by atoms with Crippen molar-refractivity contribution < 1.29 is 0 Å². The van der Waals surface area contributed by atoms with E-state index in [4.69, 9.17) is 11.6 Å². The summed E-state index contributed by atoms with van der Waals surface area (Å²) in [6.07, 6.45) is 3.90. The molecule has 1 aliphatic rings. The molecule has 0 spiro atoms. The lowest BCUT2D eigenvalue weighted by atomic mass is 9.82. The molecule has 1 fully saturated rings. The van der Waals surface area contributed by atoms with E-state index in [1.165, 1.54) is 11.1 Å². The second-order valence-corrected chi connectivity index (χ2v) is 7.33. The second-order valence-electron chi connectivity index (χ2n) is 6.94. The molecule has 1 N–H and O–H groups in total. The molecule has 138 valence electrons. The molecule has 2 unspecified atom stereocenters. The largest absolute Gasteiger partial charge is 0.356 e. The van der Waals surface area contributed by atoms with Crippen LogP contribution in [0.1, 0.15) is 30.4 Å². The van der Waals surface area contributed by atoms with E-state index in [1.807, 2.05) is 25.4 Å². The molecule has 26 heavy (non-hydrogen) atoms. The van der Waals surface area contributed by atoms with Crippen molar-refractivity contribution in [3.05, 3.63) is 64.9 Å². The van der Waals surface area contributed by atoms with Crippen LogP contribution in [-0.2, 0) is 6.42 Å². The van der Waals surface area contributed by atoms with Crippen LogP contribution < -0.4 is 5.32 Å². The van der Waals surface area contributed by atoms with Crippen LogP contribution in [0.25, 0.3) is 0 Å². The highest BCUT2D eigenvalue weighted by Crippen LogP contribution is 2.32. The summed E-state index contributed by atoms with van der Waals surface area (Å²) in [5.41, 5.74) is 2.63. The van der Waals surface area contributed by atoms with Crippen molar-refractivity contribution in [3.63, 3.8) is 0 Å². The first-order valence-corrected chi connectivity index (χ1v) is 9.66. The van der Waals surface area contributed by atoms with Crippen LogP contribution in [0.5, 0.6) is 0 Å². The summed E-state index contributed by atoms with van der Waals surface area (Å²) in [4.78, 5) is 11.0. The topological polar surface area (TPSA) is 40.5 Å². The van der Waals surface area contributed by atoms with Gasteiger partial charge in [0.2, 0.25) is 0 Å². The molecular weight excluding hydrogens is 344 g/mol. The standard InChI is InChI=1S/C21H27ClN4/c1-16-15-26(13-11-19(16)18-6-4-3-5-7-18)21(23-2)24-12-10-17-8-9-20(22)25-14-17/h3-9,14,16,19H,10-13,15H2,1-2H3,(H,23,24). The van der Waals surface area contributed by atoms with Crippen molar-refractivity contribution in [2.45, 2.75) is 25.7 Å². The lowest BCUT2D eigenvalue weighted by Gasteiger charge is -2.39. The number of hydrogen-bond donors (Lipinski definition) is 1. The third kappa shape index (κ3) is 4.76. The summed E-state index contributed by atoms with van der Waals surface area (Å²) in [6, 6.07) is 14.7. The van der Waals surface area contributed by atoms with Crippen molar-refractivity contribution in [3.8, 4) is 0 Å². The van der Waals surface area contributed by atoms with Crippen molar-refractivity contribution in [1.82, 2.24) is 15.2 Å². The molecule has 0 amide bonds. The fourth-order valence-electron chi connectivity index (χ4n) is 3.74. The van der Waals surface area contributed by atoms with Gasteiger partial charge in [-0.2, -0.15) is 0 Å². The van der Waals surface area contributed by atoms with E-state index in [0.29, 0.717) is 17.0 Å². The number of rotatable bonds is 4. The van der Waals surface area contributed by atoms with Crippen LogP contribution in [0.2, 0.25) is 5.15 Å². The van der Waals surface area contributed by atoms with Gasteiger partial charge in [0.15, 0.2) is 5.96 Å². The second kappa shape index (κ2) is 9.04. The number of guanidine groups is 1. The maximum Gasteiger partial charge on any atom is 0.193 e. The number of nitrogens with zero attached hydrogens (tertiary/aromatic N) is 3. The van der Waals surface area contributed by atoms with Crippen molar-refractivity contribution >= 4 is 17.6 Å². The Morgan fingerprint density at radius 1 is 1.27 bits per heavy atom. The van der Waals surface area contributed by atoms with Gasteiger partial charge in [0, 0.05) is 32.9 Å². The molecule has 1 saturated heterocycles. The van der Waals surface area contributed by atoms with Gasteiger partial charge in [-0.1, -0.05) is 54.9 Å². The lowest BCUT2D eigenvalue weighted by molar-refractivity contribution is 0.234. The van der Waals surface area contributed by atoms with Crippen LogP contribution in [0.3, 0.4) is 0 Å². The summed E-state index contributed by atoms with van der Waals surface area (Å²) in [5, 5.41) is 4.03. The molecule has 1 aromatic heterocycles. The molecule has 1 aliphatic heterocycles. The average molecular weight is 371 g/mol. The van der Waals surface area contributed by atoms with Crippen molar-refractivity contribution in [2.24, 2.45) is 10.9 Å². The quantitative estimate of drug-likeness (QED) is 0.502. The number of aliphatic imine (C=N–C) groups is 1. The monoisotopic (exact) mass is 370 g/mol. The van der Waals surface area contributed by atoms with E-state index < -0.39 is 0 Å². The predicted octanol–water partition coefficient (Wildman–Crippen LogP) is 3.98. The Hall–Kier alpha value is -2.07. The third-order valence-electron chi connectivity index (χ3n) is 5.13. The number of nitrogens with one attached hydrogen (secondary N) is 1.